The van der Waals surface area contributed by atoms with E-state index in [1.165, 1.54) is 0 Å². The highest BCUT2D eigenvalue weighted by atomic mass is 16.5. The number of aromatic nitrogens is 2. The van der Waals surface area contributed by atoms with E-state index in [4.69, 9.17) is 10.5 Å². The minimum Gasteiger partial charge on any atom is -0.396 e. The first-order valence-electron chi connectivity index (χ1n) is 4.38. The van der Waals surface area contributed by atoms with Crippen molar-refractivity contribution in [1.29, 1.82) is 0 Å². The second-order valence-corrected chi connectivity index (χ2v) is 3.78. The molecule has 14 heavy (non-hydrogen) atoms. The number of nitrogens with one attached hydrogen (secondary N) is 1. The molecule has 0 saturated carbocycles. The molecule has 0 unspecified atom stereocenters. The van der Waals surface area contributed by atoms with Gasteiger partial charge in [-0.25, -0.2) is 9.97 Å². The highest BCUT2D eigenvalue weighted by Crippen LogP contribution is 2.10. The van der Waals surface area contributed by atoms with Gasteiger partial charge in [0.2, 0.25) is 5.95 Å². The Labute approximate surface area is 83.7 Å². The molecule has 0 atom stereocenters. The van der Waals surface area contributed by atoms with Crippen LogP contribution in [-0.2, 0) is 4.74 Å². The van der Waals surface area contributed by atoms with Gasteiger partial charge >= 0.3 is 0 Å². The lowest BCUT2D eigenvalue weighted by Crippen LogP contribution is -2.36. The van der Waals surface area contributed by atoms with Crippen LogP contribution >= 0.6 is 0 Å². The standard InChI is InChI=1S/C9H16N4O/c1-9(2,6-14-3)13-8-11-4-7(10)5-12-8/h4-5H,6,10H2,1-3H3,(H,11,12,13). The number of hydrogen-bond acceptors (Lipinski definition) is 5. The number of ether oxygens (including phenoxy) is 1. The van der Waals surface area contributed by atoms with Crippen molar-refractivity contribution in [3.05, 3.63) is 12.4 Å². The largest absolute Gasteiger partial charge is 0.396 e. The van der Waals surface area contributed by atoms with Crippen molar-refractivity contribution < 1.29 is 4.74 Å². The Morgan fingerprint density at radius 1 is 1.43 bits per heavy atom. The third kappa shape index (κ3) is 3.18. The monoisotopic (exact) mass is 196 g/mol. The van der Waals surface area contributed by atoms with E-state index in [9.17, 15) is 0 Å². The summed E-state index contributed by atoms with van der Waals surface area (Å²) in [5.74, 6) is 0.557. The molecule has 0 aromatic carbocycles. The second kappa shape index (κ2) is 4.23. The average molecular weight is 196 g/mol. The molecule has 0 radical (unpaired) electrons. The number of anilines is 2. The fourth-order valence-corrected chi connectivity index (χ4v) is 1.10. The summed E-state index contributed by atoms with van der Waals surface area (Å²) in [5, 5.41) is 3.14. The van der Waals surface area contributed by atoms with Crippen LogP contribution in [0.2, 0.25) is 0 Å². The summed E-state index contributed by atoms with van der Waals surface area (Å²) in [6.07, 6.45) is 3.14. The Morgan fingerprint density at radius 3 is 2.50 bits per heavy atom. The van der Waals surface area contributed by atoms with Gasteiger partial charge in [0.1, 0.15) is 0 Å². The van der Waals surface area contributed by atoms with Gasteiger partial charge in [-0.05, 0) is 13.8 Å². The molecule has 0 bridgehead atoms. The first-order chi connectivity index (χ1) is 6.53. The van der Waals surface area contributed by atoms with E-state index < -0.39 is 0 Å². The van der Waals surface area contributed by atoms with Crippen LogP contribution in [0.5, 0.6) is 0 Å². The highest BCUT2D eigenvalue weighted by molar-refractivity contribution is 5.37. The fraction of sp³-hybridized carbons (Fsp3) is 0.556. The van der Waals surface area contributed by atoms with Gasteiger partial charge in [-0.3, -0.25) is 0 Å². The molecular weight excluding hydrogens is 180 g/mol. The van der Waals surface area contributed by atoms with Crippen molar-refractivity contribution in [2.45, 2.75) is 19.4 Å². The molecule has 0 amide bonds. The number of hydrogen-bond donors (Lipinski definition) is 2. The number of nitrogen functional groups attached to an aromatic ring is 1. The molecule has 0 spiro atoms. The van der Waals surface area contributed by atoms with E-state index in [2.05, 4.69) is 15.3 Å². The summed E-state index contributed by atoms with van der Waals surface area (Å²) in [6, 6.07) is 0. The average Bonchev–Trinajstić information content (AvgIpc) is 2.08. The van der Waals surface area contributed by atoms with Crippen molar-refractivity contribution in [3.63, 3.8) is 0 Å². The van der Waals surface area contributed by atoms with Gasteiger partial charge in [0.15, 0.2) is 0 Å². The topological polar surface area (TPSA) is 73.1 Å². The maximum atomic E-state index is 5.47. The predicted molar refractivity (Wildman–Crippen MR) is 56.0 cm³/mol. The Morgan fingerprint density at radius 2 is 2.00 bits per heavy atom. The van der Waals surface area contributed by atoms with Gasteiger partial charge in [-0.2, -0.15) is 0 Å². The van der Waals surface area contributed by atoms with Crippen LogP contribution in [0.3, 0.4) is 0 Å². The van der Waals surface area contributed by atoms with E-state index >= 15 is 0 Å². The number of methoxy groups -OCH3 is 1. The Balaban J connectivity index is 2.64. The molecule has 0 aliphatic rings. The molecule has 0 fully saturated rings. The van der Waals surface area contributed by atoms with Crippen molar-refractivity contribution in [1.82, 2.24) is 9.97 Å². The third-order valence-electron chi connectivity index (χ3n) is 1.63. The highest BCUT2D eigenvalue weighted by Gasteiger charge is 2.17. The Kier molecular flexibility index (Phi) is 3.24. The molecule has 0 aliphatic carbocycles. The molecule has 78 valence electrons. The zero-order chi connectivity index (χ0) is 10.6. The van der Waals surface area contributed by atoms with Crippen molar-refractivity contribution in [2.24, 2.45) is 0 Å². The molecular formula is C9H16N4O. The minimum atomic E-state index is -0.190. The van der Waals surface area contributed by atoms with Gasteiger partial charge < -0.3 is 15.8 Å². The summed E-state index contributed by atoms with van der Waals surface area (Å²) in [7, 11) is 1.66. The summed E-state index contributed by atoms with van der Waals surface area (Å²) >= 11 is 0. The normalized spacial score (nSPS) is 11.4. The molecule has 0 aliphatic heterocycles. The van der Waals surface area contributed by atoms with Crippen LogP contribution < -0.4 is 11.1 Å². The van der Waals surface area contributed by atoms with Crippen molar-refractivity contribution >= 4 is 11.6 Å². The zero-order valence-electron chi connectivity index (χ0n) is 8.74. The molecule has 1 aromatic rings. The first kappa shape index (κ1) is 10.7. The molecule has 1 rings (SSSR count). The van der Waals surface area contributed by atoms with Crippen molar-refractivity contribution in [3.8, 4) is 0 Å². The number of rotatable bonds is 4. The van der Waals surface area contributed by atoms with Gasteiger partial charge in [-0.15, -0.1) is 0 Å². The SMILES string of the molecule is COCC(C)(C)Nc1ncc(N)cn1. The van der Waals surface area contributed by atoms with E-state index in [0.717, 1.165) is 0 Å². The molecule has 1 heterocycles. The van der Waals surface area contributed by atoms with E-state index in [1.807, 2.05) is 13.8 Å². The van der Waals surface area contributed by atoms with Crippen LogP contribution in [-0.4, -0.2) is 29.2 Å². The smallest absolute Gasteiger partial charge is 0.223 e. The van der Waals surface area contributed by atoms with Gasteiger partial charge in [0, 0.05) is 7.11 Å². The second-order valence-electron chi connectivity index (χ2n) is 3.78. The van der Waals surface area contributed by atoms with Crippen LogP contribution in [0.1, 0.15) is 13.8 Å². The quantitative estimate of drug-likeness (QED) is 0.748. The lowest BCUT2D eigenvalue weighted by Gasteiger charge is -2.24. The summed E-state index contributed by atoms with van der Waals surface area (Å²) in [4.78, 5) is 8.09. The summed E-state index contributed by atoms with van der Waals surface area (Å²) in [6.45, 7) is 4.60. The van der Waals surface area contributed by atoms with E-state index in [1.54, 1.807) is 19.5 Å². The van der Waals surface area contributed by atoms with Gasteiger partial charge in [0.25, 0.3) is 0 Å². The first-order valence-corrected chi connectivity index (χ1v) is 4.38. The minimum absolute atomic E-state index is 0.190. The van der Waals surface area contributed by atoms with E-state index in [0.29, 0.717) is 18.2 Å². The lowest BCUT2D eigenvalue weighted by atomic mass is 10.1. The molecule has 5 heteroatoms. The molecule has 5 nitrogen and oxygen atoms in total. The number of nitrogens with zero attached hydrogens (tertiary/aromatic N) is 2. The molecule has 0 saturated heterocycles. The van der Waals surface area contributed by atoms with Gasteiger partial charge in [-0.1, -0.05) is 0 Å². The summed E-state index contributed by atoms with van der Waals surface area (Å²) < 4.78 is 5.06. The Bertz CT molecular complexity index is 283. The zero-order valence-corrected chi connectivity index (χ0v) is 8.74. The number of nitrogens with two attached hydrogens (primary N) is 1. The van der Waals surface area contributed by atoms with E-state index in [-0.39, 0.29) is 5.54 Å². The van der Waals surface area contributed by atoms with Crippen LogP contribution in [0.15, 0.2) is 12.4 Å². The fourth-order valence-electron chi connectivity index (χ4n) is 1.10. The van der Waals surface area contributed by atoms with Gasteiger partial charge in [0.05, 0.1) is 30.2 Å². The van der Waals surface area contributed by atoms with Crippen LogP contribution in [0, 0.1) is 0 Å². The maximum Gasteiger partial charge on any atom is 0.223 e. The molecule has 1 aromatic heterocycles. The Hall–Kier alpha value is -1.36. The van der Waals surface area contributed by atoms with Crippen LogP contribution in [0.25, 0.3) is 0 Å². The lowest BCUT2D eigenvalue weighted by molar-refractivity contribution is 0.158. The summed E-state index contributed by atoms with van der Waals surface area (Å²) in [5.41, 5.74) is 5.84. The maximum absolute atomic E-state index is 5.47. The predicted octanol–water partition coefficient (Wildman–Crippen LogP) is 0.896. The van der Waals surface area contributed by atoms with Crippen molar-refractivity contribution in [2.75, 3.05) is 24.8 Å². The third-order valence-corrected chi connectivity index (χ3v) is 1.63. The van der Waals surface area contributed by atoms with Crippen LogP contribution in [0.4, 0.5) is 11.6 Å². The molecule has 3 N–H and O–H groups in total.